The van der Waals surface area contributed by atoms with Crippen LogP contribution in [0.5, 0.6) is 0 Å². The normalized spacial score (nSPS) is 10.6. The molecule has 0 saturated carbocycles. The summed E-state index contributed by atoms with van der Waals surface area (Å²) in [5, 5.41) is 15.6. The SMILES string of the molecule is CNCc1cc(-c2cc3ccccc3nc2C#N)cs1. The molecule has 1 N–H and O–H groups in total. The summed E-state index contributed by atoms with van der Waals surface area (Å²) in [6.45, 7) is 0.841. The molecule has 0 fully saturated rings. The van der Waals surface area contributed by atoms with Gasteiger partial charge in [0.05, 0.1) is 5.52 Å². The van der Waals surface area contributed by atoms with Gasteiger partial charge < -0.3 is 5.32 Å². The van der Waals surface area contributed by atoms with Crippen molar-refractivity contribution in [2.24, 2.45) is 0 Å². The third-order valence-electron chi connectivity index (χ3n) is 3.15. The van der Waals surface area contributed by atoms with Crippen LogP contribution in [0.25, 0.3) is 22.0 Å². The van der Waals surface area contributed by atoms with Crippen molar-refractivity contribution in [3.63, 3.8) is 0 Å². The van der Waals surface area contributed by atoms with Crippen molar-refractivity contribution in [1.29, 1.82) is 5.26 Å². The van der Waals surface area contributed by atoms with Crippen molar-refractivity contribution >= 4 is 22.2 Å². The first kappa shape index (κ1) is 12.8. The molecule has 3 aromatic rings. The smallest absolute Gasteiger partial charge is 0.149 e. The van der Waals surface area contributed by atoms with Gasteiger partial charge in [0.2, 0.25) is 0 Å². The first-order chi connectivity index (χ1) is 9.81. The van der Waals surface area contributed by atoms with Crippen LogP contribution in [0, 0.1) is 11.3 Å². The van der Waals surface area contributed by atoms with E-state index < -0.39 is 0 Å². The highest BCUT2D eigenvalue weighted by Gasteiger charge is 2.10. The highest BCUT2D eigenvalue weighted by molar-refractivity contribution is 7.10. The van der Waals surface area contributed by atoms with Gasteiger partial charge in [0.1, 0.15) is 11.8 Å². The minimum atomic E-state index is 0.484. The minimum absolute atomic E-state index is 0.484. The lowest BCUT2D eigenvalue weighted by Gasteiger charge is -2.04. The van der Waals surface area contributed by atoms with Crippen molar-refractivity contribution in [3.05, 3.63) is 52.3 Å². The van der Waals surface area contributed by atoms with Crippen LogP contribution in [-0.2, 0) is 6.54 Å². The molecular formula is C16H13N3S. The van der Waals surface area contributed by atoms with Gasteiger partial charge in [0.15, 0.2) is 0 Å². The van der Waals surface area contributed by atoms with Gasteiger partial charge >= 0.3 is 0 Å². The average Bonchev–Trinajstić information content (AvgIpc) is 2.94. The second-order valence-corrected chi connectivity index (χ2v) is 5.52. The highest BCUT2D eigenvalue weighted by Crippen LogP contribution is 2.30. The van der Waals surface area contributed by atoms with Gasteiger partial charge in [-0.1, -0.05) is 18.2 Å². The summed E-state index contributed by atoms with van der Waals surface area (Å²) in [4.78, 5) is 5.70. The quantitative estimate of drug-likeness (QED) is 0.797. The number of hydrogen-bond donors (Lipinski definition) is 1. The average molecular weight is 279 g/mol. The summed E-state index contributed by atoms with van der Waals surface area (Å²) >= 11 is 1.69. The molecule has 3 nitrogen and oxygen atoms in total. The van der Waals surface area contributed by atoms with Crippen LogP contribution in [0.15, 0.2) is 41.8 Å². The second kappa shape index (κ2) is 5.41. The summed E-state index contributed by atoms with van der Waals surface area (Å²) in [7, 11) is 1.93. The number of aromatic nitrogens is 1. The van der Waals surface area contributed by atoms with Gasteiger partial charge in [-0.2, -0.15) is 5.26 Å². The van der Waals surface area contributed by atoms with Gasteiger partial charge in [-0.25, -0.2) is 4.98 Å². The number of hydrogen-bond acceptors (Lipinski definition) is 4. The molecule has 0 saturated heterocycles. The fourth-order valence-electron chi connectivity index (χ4n) is 2.21. The first-order valence-corrected chi connectivity index (χ1v) is 7.22. The van der Waals surface area contributed by atoms with E-state index in [1.165, 1.54) is 4.88 Å². The number of benzene rings is 1. The number of fused-ring (bicyclic) bond motifs is 1. The largest absolute Gasteiger partial charge is 0.315 e. The number of nitrogens with zero attached hydrogens (tertiary/aromatic N) is 2. The van der Waals surface area contributed by atoms with E-state index in [1.807, 2.05) is 37.4 Å². The standard InChI is InChI=1S/C16H13N3S/c1-18-9-13-6-12(10-20-13)14-7-11-4-2-3-5-15(11)19-16(14)8-17/h2-7,10,18H,9H2,1H3. The number of rotatable bonds is 3. The van der Waals surface area contributed by atoms with E-state index in [9.17, 15) is 5.26 Å². The topological polar surface area (TPSA) is 48.7 Å². The predicted octanol–water partition coefficient (Wildman–Crippen LogP) is 3.55. The Balaban J connectivity index is 2.15. The number of nitriles is 1. The van der Waals surface area contributed by atoms with E-state index in [0.717, 1.165) is 28.6 Å². The second-order valence-electron chi connectivity index (χ2n) is 4.52. The summed E-state index contributed by atoms with van der Waals surface area (Å²) < 4.78 is 0. The predicted molar refractivity (Wildman–Crippen MR) is 82.5 cm³/mol. The molecule has 2 aromatic heterocycles. The molecule has 0 amide bonds. The third kappa shape index (κ3) is 2.29. The zero-order valence-electron chi connectivity index (χ0n) is 11.1. The van der Waals surface area contributed by atoms with Gasteiger partial charge in [0, 0.05) is 22.4 Å². The lowest BCUT2D eigenvalue weighted by molar-refractivity contribution is 0.831. The molecule has 4 heteroatoms. The molecule has 98 valence electrons. The fourth-order valence-corrected chi connectivity index (χ4v) is 3.11. The van der Waals surface area contributed by atoms with Crippen molar-refractivity contribution in [2.75, 3.05) is 7.05 Å². The molecule has 0 aliphatic heterocycles. The maximum atomic E-state index is 9.33. The maximum Gasteiger partial charge on any atom is 0.149 e. The van der Waals surface area contributed by atoms with Crippen LogP contribution < -0.4 is 5.32 Å². The van der Waals surface area contributed by atoms with E-state index in [4.69, 9.17) is 0 Å². The molecule has 0 spiro atoms. The number of nitrogens with one attached hydrogen (secondary N) is 1. The molecule has 0 aliphatic rings. The van der Waals surface area contributed by atoms with E-state index in [-0.39, 0.29) is 0 Å². The zero-order valence-corrected chi connectivity index (χ0v) is 11.9. The zero-order chi connectivity index (χ0) is 13.9. The fraction of sp³-hybridized carbons (Fsp3) is 0.125. The minimum Gasteiger partial charge on any atom is -0.315 e. The van der Waals surface area contributed by atoms with Crippen LogP contribution in [0.4, 0.5) is 0 Å². The highest BCUT2D eigenvalue weighted by atomic mass is 32.1. The summed E-state index contributed by atoms with van der Waals surface area (Å²) in [6.07, 6.45) is 0. The van der Waals surface area contributed by atoms with Gasteiger partial charge in [-0.3, -0.25) is 0 Å². The van der Waals surface area contributed by atoms with Gasteiger partial charge in [-0.15, -0.1) is 11.3 Å². The third-order valence-corrected chi connectivity index (χ3v) is 4.08. The van der Waals surface area contributed by atoms with E-state index >= 15 is 0 Å². The van der Waals surface area contributed by atoms with Crippen LogP contribution in [0.3, 0.4) is 0 Å². The molecule has 3 rings (SSSR count). The van der Waals surface area contributed by atoms with Crippen molar-refractivity contribution < 1.29 is 0 Å². The molecule has 0 aliphatic carbocycles. The monoisotopic (exact) mass is 279 g/mol. The Bertz CT molecular complexity index is 799. The Morgan fingerprint density at radius 2 is 2.15 bits per heavy atom. The molecule has 0 radical (unpaired) electrons. The van der Waals surface area contributed by atoms with E-state index in [1.54, 1.807) is 11.3 Å². The van der Waals surface area contributed by atoms with Crippen LogP contribution in [0.2, 0.25) is 0 Å². The Labute approximate surface area is 121 Å². The molecule has 2 heterocycles. The number of para-hydroxylation sites is 1. The maximum absolute atomic E-state index is 9.33. The van der Waals surface area contributed by atoms with Gasteiger partial charge in [0.25, 0.3) is 0 Å². The van der Waals surface area contributed by atoms with E-state index in [0.29, 0.717) is 5.69 Å². The summed E-state index contributed by atoms with van der Waals surface area (Å²) in [5.41, 5.74) is 3.32. The van der Waals surface area contributed by atoms with Crippen LogP contribution in [0.1, 0.15) is 10.6 Å². The Kier molecular flexibility index (Phi) is 3.46. The Morgan fingerprint density at radius 3 is 2.95 bits per heavy atom. The molecule has 0 bridgehead atoms. The summed E-state index contributed by atoms with van der Waals surface area (Å²) in [5.74, 6) is 0. The lowest BCUT2D eigenvalue weighted by atomic mass is 10.0. The molecule has 0 atom stereocenters. The van der Waals surface area contributed by atoms with Crippen molar-refractivity contribution in [2.45, 2.75) is 6.54 Å². The molecular weight excluding hydrogens is 266 g/mol. The lowest BCUT2D eigenvalue weighted by Crippen LogP contribution is -2.02. The molecule has 20 heavy (non-hydrogen) atoms. The van der Waals surface area contributed by atoms with Crippen LogP contribution in [-0.4, -0.2) is 12.0 Å². The van der Waals surface area contributed by atoms with E-state index in [2.05, 4.69) is 27.8 Å². The van der Waals surface area contributed by atoms with Crippen LogP contribution >= 0.6 is 11.3 Å². The Hall–Kier alpha value is -2.22. The molecule has 1 aromatic carbocycles. The Morgan fingerprint density at radius 1 is 1.30 bits per heavy atom. The number of pyridine rings is 1. The first-order valence-electron chi connectivity index (χ1n) is 6.34. The number of thiophene rings is 1. The molecule has 0 unspecified atom stereocenters. The summed E-state index contributed by atoms with van der Waals surface area (Å²) in [6, 6.07) is 14.2. The van der Waals surface area contributed by atoms with Gasteiger partial charge in [-0.05, 0) is 36.2 Å². The van der Waals surface area contributed by atoms with Crippen molar-refractivity contribution in [3.8, 4) is 17.2 Å². The van der Waals surface area contributed by atoms with Crippen molar-refractivity contribution in [1.82, 2.24) is 10.3 Å².